The van der Waals surface area contributed by atoms with Gasteiger partial charge in [0.2, 0.25) is 0 Å². The van der Waals surface area contributed by atoms with Gasteiger partial charge in [-0.1, -0.05) is 4.32 Å². The Hall–Kier alpha value is 0.0995. The Bertz CT molecular complexity index is 147. The van der Waals surface area contributed by atoms with E-state index in [9.17, 15) is 0 Å². The van der Waals surface area contributed by atoms with E-state index in [1.165, 1.54) is 0 Å². The molecule has 0 aromatic heterocycles. The summed E-state index contributed by atoms with van der Waals surface area (Å²) in [6.07, 6.45) is 0. The Morgan fingerprint density at radius 2 is 1.69 bits per heavy atom. The molecule has 0 radical (unpaired) electrons. The molecule has 0 bridgehead atoms. The summed E-state index contributed by atoms with van der Waals surface area (Å²) in [5.74, 6) is -0.833. The van der Waals surface area contributed by atoms with Crippen LogP contribution < -0.4 is 0 Å². The van der Waals surface area contributed by atoms with Crippen LogP contribution in [0.5, 0.6) is 0 Å². The van der Waals surface area contributed by atoms with Crippen molar-refractivity contribution in [3.8, 4) is 0 Å². The number of hydrogen-bond donors (Lipinski definition) is 1. The second kappa shape index (κ2) is 12.1. The van der Waals surface area contributed by atoms with Gasteiger partial charge >= 0.3 is 17.1 Å². The zero-order valence-corrected chi connectivity index (χ0v) is 10.4. The molecule has 0 aromatic carbocycles. The van der Waals surface area contributed by atoms with Crippen LogP contribution in [0.2, 0.25) is 0 Å². The average Bonchev–Trinajstić information content (AvgIpc) is 1.87. The van der Waals surface area contributed by atoms with Crippen molar-refractivity contribution in [1.82, 2.24) is 4.90 Å². The van der Waals surface area contributed by atoms with Crippen molar-refractivity contribution in [3.63, 3.8) is 0 Å². The van der Waals surface area contributed by atoms with Crippen LogP contribution in [0.3, 0.4) is 0 Å². The van der Waals surface area contributed by atoms with E-state index in [0.29, 0.717) is 4.32 Å². The maximum atomic E-state index is 9.00. The smallest absolute Gasteiger partial charge is 0.481 e. The van der Waals surface area contributed by atoms with Crippen molar-refractivity contribution < 1.29 is 27.0 Å². The van der Waals surface area contributed by atoms with Gasteiger partial charge in [0.1, 0.15) is 0 Å². The van der Waals surface area contributed by atoms with Gasteiger partial charge in [0, 0.05) is 20.0 Å². The van der Waals surface area contributed by atoms with Gasteiger partial charge < -0.3 is 34.9 Å². The number of hydrogen-bond acceptors (Lipinski definition) is 3. The molecule has 0 saturated heterocycles. The fraction of sp³-hybridized carbons (Fsp3) is 0.714. The van der Waals surface area contributed by atoms with Gasteiger partial charge in [-0.25, -0.2) is 0 Å². The average molecular weight is 272 g/mol. The quantitative estimate of drug-likeness (QED) is 0.465. The SMILES string of the molecule is CC(=O)O.CCN(CC)C(=S)[S-].[Cu+]. The van der Waals surface area contributed by atoms with Gasteiger partial charge in [0.25, 0.3) is 5.97 Å². The van der Waals surface area contributed by atoms with Crippen LogP contribution >= 0.6 is 12.2 Å². The molecular formula is C7H14CuNO2S2. The summed E-state index contributed by atoms with van der Waals surface area (Å²) in [6, 6.07) is 0. The van der Waals surface area contributed by atoms with Crippen molar-refractivity contribution in [2.24, 2.45) is 0 Å². The minimum Gasteiger partial charge on any atom is -0.481 e. The summed E-state index contributed by atoms with van der Waals surface area (Å²) in [5, 5.41) is 7.42. The molecule has 0 amide bonds. The molecule has 82 valence electrons. The summed E-state index contributed by atoms with van der Waals surface area (Å²) >= 11 is 9.51. The van der Waals surface area contributed by atoms with Crippen LogP contribution in [0.25, 0.3) is 0 Å². The van der Waals surface area contributed by atoms with E-state index < -0.39 is 5.97 Å². The van der Waals surface area contributed by atoms with Gasteiger partial charge in [-0.2, -0.15) is 0 Å². The first kappa shape index (κ1) is 18.8. The predicted molar refractivity (Wildman–Crippen MR) is 56.2 cm³/mol. The minimum atomic E-state index is -0.833. The van der Waals surface area contributed by atoms with Gasteiger partial charge in [-0.15, -0.1) is 0 Å². The molecule has 6 heteroatoms. The minimum absolute atomic E-state index is 0. The van der Waals surface area contributed by atoms with Crippen molar-refractivity contribution in [2.45, 2.75) is 20.8 Å². The third kappa shape index (κ3) is 18.8. The molecule has 3 nitrogen and oxygen atoms in total. The first-order valence-electron chi connectivity index (χ1n) is 3.61. The maximum absolute atomic E-state index is 9.00. The Morgan fingerprint density at radius 1 is 1.46 bits per heavy atom. The maximum Gasteiger partial charge on any atom is 1.00 e. The molecular weight excluding hydrogens is 258 g/mol. The number of aliphatic carboxylic acids is 1. The molecule has 0 rings (SSSR count). The molecule has 0 fully saturated rings. The second-order valence-electron chi connectivity index (χ2n) is 1.96. The Balaban J connectivity index is -0.000000173. The van der Waals surface area contributed by atoms with Gasteiger partial charge in [0.05, 0.1) is 0 Å². The molecule has 0 spiro atoms. The molecule has 0 heterocycles. The van der Waals surface area contributed by atoms with Crippen molar-refractivity contribution in [1.29, 1.82) is 0 Å². The van der Waals surface area contributed by atoms with Crippen LogP contribution in [-0.4, -0.2) is 33.4 Å². The third-order valence-electron chi connectivity index (χ3n) is 1.02. The number of carbonyl (C=O) groups is 1. The van der Waals surface area contributed by atoms with E-state index in [1.54, 1.807) is 0 Å². The number of carboxylic acid groups (broad SMARTS) is 1. The molecule has 0 atom stereocenters. The number of carboxylic acids is 1. The Labute approximate surface area is 101 Å². The van der Waals surface area contributed by atoms with Gasteiger partial charge in [-0.3, -0.25) is 4.79 Å². The van der Waals surface area contributed by atoms with E-state index >= 15 is 0 Å². The van der Waals surface area contributed by atoms with E-state index in [0.717, 1.165) is 20.0 Å². The first-order chi connectivity index (χ1) is 5.45. The largest absolute Gasteiger partial charge is 1.00 e. The summed E-state index contributed by atoms with van der Waals surface area (Å²) in [6.45, 7) is 7.03. The fourth-order valence-electron chi connectivity index (χ4n) is 0.482. The molecule has 0 aliphatic carbocycles. The van der Waals surface area contributed by atoms with Crippen LogP contribution in [0.4, 0.5) is 0 Å². The molecule has 0 unspecified atom stereocenters. The molecule has 0 aromatic rings. The summed E-state index contributed by atoms with van der Waals surface area (Å²) in [5.41, 5.74) is 0. The summed E-state index contributed by atoms with van der Waals surface area (Å²) in [4.78, 5) is 11.0. The predicted octanol–water partition coefficient (Wildman–Crippen LogP) is 1.25. The van der Waals surface area contributed by atoms with Crippen LogP contribution in [0.1, 0.15) is 20.8 Å². The van der Waals surface area contributed by atoms with E-state index in [4.69, 9.17) is 34.7 Å². The standard InChI is InChI=1S/C5H11NS2.C2H4O2.Cu/c1-3-6(4-2)5(7)8;1-2(3)4;/h3-4H2,1-2H3,(H,7,8);1H3,(H,3,4);/q;;+1/p-1. The van der Waals surface area contributed by atoms with Gasteiger partial charge in [0.15, 0.2) is 0 Å². The molecule has 0 saturated carbocycles. The third-order valence-corrected chi connectivity index (χ3v) is 1.54. The van der Waals surface area contributed by atoms with E-state index in [-0.39, 0.29) is 17.1 Å². The van der Waals surface area contributed by atoms with Gasteiger partial charge in [-0.05, 0) is 13.8 Å². The molecule has 1 N–H and O–H groups in total. The number of thiocarbonyl (C=S) groups is 1. The first-order valence-corrected chi connectivity index (χ1v) is 4.42. The summed E-state index contributed by atoms with van der Waals surface area (Å²) < 4.78 is 0.579. The van der Waals surface area contributed by atoms with Crippen LogP contribution in [0, 0.1) is 0 Å². The normalized spacial score (nSPS) is 7.31. The van der Waals surface area contributed by atoms with Crippen molar-refractivity contribution in [3.05, 3.63) is 0 Å². The van der Waals surface area contributed by atoms with E-state index in [1.807, 2.05) is 18.7 Å². The molecule has 0 aliphatic heterocycles. The topological polar surface area (TPSA) is 40.5 Å². The van der Waals surface area contributed by atoms with E-state index in [2.05, 4.69) is 0 Å². The van der Waals surface area contributed by atoms with Crippen LogP contribution in [0.15, 0.2) is 0 Å². The monoisotopic (exact) mass is 271 g/mol. The Kier molecular flexibility index (Phi) is 17.5. The van der Waals surface area contributed by atoms with Crippen molar-refractivity contribution in [2.75, 3.05) is 13.1 Å². The number of rotatable bonds is 2. The molecule has 0 aliphatic rings. The van der Waals surface area contributed by atoms with Crippen LogP contribution in [-0.2, 0) is 34.5 Å². The Morgan fingerprint density at radius 3 is 1.69 bits per heavy atom. The fourth-order valence-corrected chi connectivity index (χ4v) is 0.998. The zero-order valence-electron chi connectivity index (χ0n) is 7.83. The summed E-state index contributed by atoms with van der Waals surface area (Å²) in [7, 11) is 0. The van der Waals surface area contributed by atoms with Crippen molar-refractivity contribution >= 4 is 35.1 Å². The zero-order chi connectivity index (χ0) is 10.1. The molecule has 13 heavy (non-hydrogen) atoms. The number of nitrogens with zero attached hydrogens (tertiary/aromatic N) is 1. The second-order valence-corrected chi connectivity index (χ2v) is 2.99.